The molecule has 0 saturated carbocycles. The van der Waals surface area contributed by atoms with Gasteiger partial charge < -0.3 is 5.73 Å². The van der Waals surface area contributed by atoms with Crippen LogP contribution in [0.15, 0.2) is 28.9 Å². The molecule has 50 valence electrons. The predicted molar refractivity (Wildman–Crippen MR) is 41.5 cm³/mol. The van der Waals surface area contributed by atoms with Crippen molar-refractivity contribution in [3.05, 3.63) is 23.9 Å². The summed E-state index contributed by atoms with van der Waals surface area (Å²) in [5, 5.41) is 0. The molecule has 2 nitrogen and oxygen atoms in total. The number of aliphatic imine (C=N–C) groups is 1. The first-order valence-corrected chi connectivity index (χ1v) is 2.72. The number of nitrogens with two attached hydrogens (primary N) is 1. The van der Waals surface area contributed by atoms with Gasteiger partial charge in [0, 0.05) is 19.0 Å². The van der Waals surface area contributed by atoms with Gasteiger partial charge in [0.15, 0.2) is 0 Å². The van der Waals surface area contributed by atoms with Gasteiger partial charge in [0.2, 0.25) is 0 Å². The van der Waals surface area contributed by atoms with E-state index in [2.05, 4.69) is 11.6 Å². The monoisotopic (exact) mass is 124 g/mol. The summed E-state index contributed by atoms with van der Waals surface area (Å²) in [4.78, 5) is 3.74. The molecule has 0 aliphatic rings. The van der Waals surface area contributed by atoms with Gasteiger partial charge in [-0.3, -0.25) is 4.99 Å². The summed E-state index contributed by atoms with van der Waals surface area (Å²) < 4.78 is 0. The lowest BCUT2D eigenvalue weighted by Crippen LogP contribution is -1.97. The summed E-state index contributed by atoms with van der Waals surface area (Å²) in [6, 6.07) is 0. The highest BCUT2D eigenvalue weighted by Crippen LogP contribution is 1.95. The van der Waals surface area contributed by atoms with Crippen LogP contribution in [0.25, 0.3) is 0 Å². The van der Waals surface area contributed by atoms with E-state index in [4.69, 9.17) is 5.73 Å². The van der Waals surface area contributed by atoms with E-state index < -0.39 is 0 Å². The summed E-state index contributed by atoms with van der Waals surface area (Å²) in [7, 11) is 1.70. The van der Waals surface area contributed by atoms with Crippen LogP contribution in [-0.4, -0.2) is 13.3 Å². The Bertz CT molecular complexity index is 154. The maximum Gasteiger partial charge on any atom is 0.0353 e. The van der Waals surface area contributed by atoms with Crippen LogP contribution < -0.4 is 5.73 Å². The fourth-order valence-electron chi connectivity index (χ4n) is 0.297. The molecular weight excluding hydrogens is 112 g/mol. The number of allylic oxidation sites excluding steroid dienone is 2. The first-order chi connectivity index (χ1) is 4.18. The molecule has 0 aliphatic heterocycles. The van der Waals surface area contributed by atoms with Crippen molar-refractivity contribution in [2.24, 2.45) is 10.7 Å². The Balaban J connectivity index is 4.00. The quantitative estimate of drug-likeness (QED) is 0.434. The Hall–Kier alpha value is -1.05. The first-order valence-electron chi connectivity index (χ1n) is 2.72. The second kappa shape index (κ2) is 3.89. The SMILES string of the molecule is C=C(C)C(N)=CC=NC. The molecule has 0 heterocycles. The van der Waals surface area contributed by atoms with E-state index in [1.165, 1.54) is 0 Å². The van der Waals surface area contributed by atoms with Crippen molar-refractivity contribution in [3.8, 4) is 0 Å². The van der Waals surface area contributed by atoms with E-state index in [1.807, 2.05) is 6.92 Å². The van der Waals surface area contributed by atoms with Crippen LogP contribution in [0.4, 0.5) is 0 Å². The predicted octanol–water partition coefficient (Wildman–Crippen LogP) is 1.11. The lowest BCUT2D eigenvalue weighted by molar-refractivity contribution is 1.31. The van der Waals surface area contributed by atoms with Crippen molar-refractivity contribution in [1.82, 2.24) is 0 Å². The molecule has 0 radical (unpaired) electrons. The Morgan fingerprint density at radius 1 is 1.67 bits per heavy atom. The van der Waals surface area contributed by atoms with Crippen LogP contribution in [-0.2, 0) is 0 Å². The summed E-state index contributed by atoms with van der Waals surface area (Å²) in [6.45, 7) is 5.51. The highest BCUT2D eigenvalue weighted by molar-refractivity contribution is 5.72. The zero-order valence-corrected chi connectivity index (χ0v) is 5.89. The van der Waals surface area contributed by atoms with Gasteiger partial charge in [0.1, 0.15) is 0 Å². The molecule has 9 heavy (non-hydrogen) atoms. The topological polar surface area (TPSA) is 38.4 Å². The Morgan fingerprint density at radius 2 is 2.22 bits per heavy atom. The van der Waals surface area contributed by atoms with Gasteiger partial charge in [0.25, 0.3) is 0 Å². The molecule has 0 amide bonds. The van der Waals surface area contributed by atoms with E-state index >= 15 is 0 Å². The summed E-state index contributed by atoms with van der Waals surface area (Å²) in [6.07, 6.45) is 3.37. The molecule has 0 atom stereocenters. The van der Waals surface area contributed by atoms with Crippen LogP contribution in [0.3, 0.4) is 0 Å². The van der Waals surface area contributed by atoms with Crippen molar-refractivity contribution < 1.29 is 0 Å². The van der Waals surface area contributed by atoms with Crippen LogP contribution in [0, 0.1) is 0 Å². The van der Waals surface area contributed by atoms with E-state index in [0.29, 0.717) is 5.70 Å². The lowest BCUT2D eigenvalue weighted by Gasteiger charge is -1.93. The number of hydrogen-bond acceptors (Lipinski definition) is 2. The third-order valence-corrected chi connectivity index (χ3v) is 0.896. The van der Waals surface area contributed by atoms with Crippen molar-refractivity contribution in [2.75, 3.05) is 7.05 Å². The molecule has 0 unspecified atom stereocenters. The molecule has 2 N–H and O–H groups in total. The molecule has 0 bridgehead atoms. The summed E-state index contributed by atoms with van der Waals surface area (Å²) in [5.74, 6) is 0. The minimum absolute atomic E-state index is 0.681. The van der Waals surface area contributed by atoms with E-state index in [9.17, 15) is 0 Å². The Kier molecular flexibility index (Phi) is 3.44. The van der Waals surface area contributed by atoms with Gasteiger partial charge in [-0.15, -0.1) is 0 Å². The normalized spacial score (nSPS) is 12.4. The average Bonchev–Trinajstić information content (AvgIpc) is 1.82. The molecule has 0 saturated heterocycles. The Morgan fingerprint density at radius 3 is 2.56 bits per heavy atom. The third kappa shape index (κ3) is 3.53. The van der Waals surface area contributed by atoms with Gasteiger partial charge in [-0.2, -0.15) is 0 Å². The maximum atomic E-state index is 5.47. The highest BCUT2D eigenvalue weighted by atomic mass is 14.6. The summed E-state index contributed by atoms with van der Waals surface area (Å²) in [5.41, 5.74) is 7.02. The molecule has 0 fully saturated rings. The van der Waals surface area contributed by atoms with Gasteiger partial charge in [0.05, 0.1) is 0 Å². The standard InChI is InChI=1S/C7H12N2/c1-6(2)7(8)4-5-9-3/h4-5H,1,8H2,2-3H3. The molecule has 0 aromatic carbocycles. The van der Waals surface area contributed by atoms with Crippen molar-refractivity contribution in [3.63, 3.8) is 0 Å². The van der Waals surface area contributed by atoms with Crippen molar-refractivity contribution >= 4 is 6.21 Å². The molecule has 0 aliphatic carbocycles. The average molecular weight is 124 g/mol. The third-order valence-electron chi connectivity index (χ3n) is 0.896. The zero-order valence-electron chi connectivity index (χ0n) is 5.89. The van der Waals surface area contributed by atoms with Crippen molar-refractivity contribution in [2.45, 2.75) is 6.92 Å². The number of hydrogen-bond donors (Lipinski definition) is 1. The Labute approximate surface area is 55.8 Å². The van der Waals surface area contributed by atoms with Gasteiger partial charge >= 0.3 is 0 Å². The van der Waals surface area contributed by atoms with Crippen LogP contribution in [0.2, 0.25) is 0 Å². The molecular formula is C7H12N2. The van der Waals surface area contributed by atoms with E-state index in [1.54, 1.807) is 19.3 Å². The number of rotatable bonds is 2. The molecule has 0 aromatic heterocycles. The second-order valence-corrected chi connectivity index (χ2v) is 1.81. The van der Waals surface area contributed by atoms with Crippen LogP contribution in [0.5, 0.6) is 0 Å². The molecule has 0 rings (SSSR count). The summed E-state index contributed by atoms with van der Waals surface area (Å²) >= 11 is 0. The first kappa shape index (κ1) is 7.95. The highest BCUT2D eigenvalue weighted by Gasteiger charge is 1.84. The fraction of sp³-hybridized carbons (Fsp3) is 0.286. The van der Waals surface area contributed by atoms with Gasteiger partial charge in [-0.05, 0) is 18.6 Å². The van der Waals surface area contributed by atoms with E-state index in [-0.39, 0.29) is 0 Å². The van der Waals surface area contributed by atoms with Gasteiger partial charge in [-0.1, -0.05) is 6.58 Å². The van der Waals surface area contributed by atoms with E-state index in [0.717, 1.165) is 5.57 Å². The zero-order chi connectivity index (χ0) is 7.28. The molecule has 0 aromatic rings. The van der Waals surface area contributed by atoms with Gasteiger partial charge in [-0.25, -0.2) is 0 Å². The minimum atomic E-state index is 0.681. The molecule has 0 spiro atoms. The van der Waals surface area contributed by atoms with Crippen molar-refractivity contribution in [1.29, 1.82) is 0 Å². The smallest absolute Gasteiger partial charge is 0.0353 e. The maximum absolute atomic E-state index is 5.47. The fourth-order valence-corrected chi connectivity index (χ4v) is 0.297. The second-order valence-electron chi connectivity index (χ2n) is 1.81. The van der Waals surface area contributed by atoms with Crippen LogP contribution in [0.1, 0.15) is 6.92 Å². The van der Waals surface area contributed by atoms with Crippen LogP contribution >= 0.6 is 0 Å². The minimum Gasteiger partial charge on any atom is -0.398 e. The lowest BCUT2D eigenvalue weighted by atomic mass is 10.2. The number of nitrogens with zero attached hydrogens (tertiary/aromatic N) is 1. The molecule has 2 heteroatoms. The largest absolute Gasteiger partial charge is 0.398 e.